The molecule has 110 valence electrons. The Labute approximate surface area is 133 Å². The van der Waals surface area contributed by atoms with Crippen LogP contribution in [0.15, 0.2) is 48.5 Å². The quantitative estimate of drug-likeness (QED) is 0.865. The van der Waals surface area contributed by atoms with Crippen molar-refractivity contribution in [2.45, 2.75) is 13.0 Å². The molecule has 0 heterocycles. The zero-order valence-corrected chi connectivity index (χ0v) is 13.0. The summed E-state index contributed by atoms with van der Waals surface area (Å²) in [7, 11) is 0. The van der Waals surface area contributed by atoms with E-state index in [0.717, 1.165) is 5.56 Å². The second-order valence-corrected chi connectivity index (χ2v) is 5.26. The van der Waals surface area contributed by atoms with Gasteiger partial charge in [0.05, 0.1) is 0 Å². The van der Waals surface area contributed by atoms with Crippen molar-refractivity contribution >= 4 is 34.8 Å². The van der Waals surface area contributed by atoms with Gasteiger partial charge in [0.25, 0.3) is 5.91 Å². The number of rotatable bonds is 5. The molecule has 0 aliphatic heterocycles. The number of nitrogens with one attached hydrogen (secondary N) is 1. The van der Waals surface area contributed by atoms with Gasteiger partial charge in [0.15, 0.2) is 6.10 Å². The van der Waals surface area contributed by atoms with E-state index >= 15 is 0 Å². The highest BCUT2D eigenvalue weighted by atomic mass is 35.5. The van der Waals surface area contributed by atoms with E-state index in [1.807, 2.05) is 6.92 Å². The first kappa shape index (κ1) is 15.8. The summed E-state index contributed by atoms with van der Waals surface area (Å²) in [4.78, 5) is 12.4. The van der Waals surface area contributed by atoms with Crippen LogP contribution in [0.5, 0.6) is 0 Å². The maximum Gasteiger partial charge on any atom is 0.258 e. The lowest BCUT2D eigenvalue weighted by atomic mass is 10.1. The molecule has 0 aliphatic rings. The van der Waals surface area contributed by atoms with Crippen molar-refractivity contribution in [3.05, 3.63) is 64.1 Å². The summed E-state index contributed by atoms with van der Waals surface area (Å²) in [5, 5.41) is 4.05. The number of benzene rings is 2. The van der Waals surface area contributed by atoms with Crippen LogP contribution in [0, 0.1) is 0 Å². The molecule has 5 heteroatoms. The van der Waals surface area contributed by atoms with Gasteiger partial charge in [0.1, 0.15) is 0 Å². The van der Waals surface area contributed by atoms with Gasteiger partial charge in [-0.05, 0) is 48.9 Å². The number of amides is 1. The molecule has 1 unspecified atom stereocenters. The first-order valence-electron chi connectivity index (χ1n) is 6.53. The summed E-state index contributed by atoms with van der Waals surface area (Å²) in [5.41, 5.74) is 1.43. The van der Waals surface area contributed by atoms with Crippen LogP contribution in [0.2, 0.25) is 10.0 Å². The molecule has 0 bridgehead atoms. The summed E-state index contributed by atoms with van der Waals surface area (Å²) in [6.45, 7) is 2.28. The van der Waals surface area contributed by atoms with Crippen LogP contribution in [-0.4, -0.2) is 12.5 Å². The van der Waals surface area contributed by atoms with Crippen molar-refractivity contribution in [1.29, 1.82) is 0 Å². The fourth-order valence-corrected chi connectivity index (χ4v) is 2.12. The van der Waals surface area contributed by atoms with Gasteiger partial charge in [0, 0.05) is 22.3 Å². The minimum atomic E-state index is -0.678. The fourth-order valence-electron chi connectivity index (χ4n) is 1.87. The highest BCUT2D eigenvalue weighted by molar-refractivity contribution is 6.30. The highest BCUT2D eigenvalue weighted by Gasteiger charge is 2.21. The second-order valence-electron chi connectivity index (χ2n) is 4.38. The summed E-state index contributed by atoms with van der Waals surface area (Å²) in [6, 6.07) is 14.0. The van der Waals surface area contributed by atoms with Gasteiger partial charge >= 0.3 is 0 Å². The van der Waals surface area contributed by atoms with Gasteiger partial charge in [-0.15, -0.1) is 0 Å². The SMILES string of the molecule is CCOC(C(=O)Nc1ccc(Cl)cc1)c1ccc(Cl)cc1. The number of anilines is 1. The molecule has 2 aromatic carbocycles. The topological polar surface area (TPSA) is 38.3 Å². The number of carbonyl (C=O) groups is 1. The van der Waals surface area contributed by atoms with Crippen molar-refractivity contribution in [1.82, 2.24) is 0 Å². The molecular formula is C16H15Cl2NO2. The monoisotopic (exact) mass is 323 g/mol. The van der Waals surface area contributed by atoms with Crippen LogP contribution in [0.4, 0.5) is 5.69 Å². The Morgan fingerprint density at radius 2 is 1.57 bits per heavy atom. The highest BCUT2D eigenvalue weighted by Crippen LogP contribution is 2.22. The zero-order valence-electron chi connectivity index (χ0n) is 11.5. The molecule has 0 aliphatic carbocycles. The van der Waals surface area contributed by atoms with Crippen molar-refractivity contribution < 1.29 is 9.53 Å². The van der Waals surface area contributed by atoms with E-state index in [9.17, 15) is 4.79 Å². The maximum atomic E-state index is 12.4. The van der Waals surface area contributed by atoms with Gasteiger partial charge in [-0.25, -0.2) is 0 Å². The lowest BCUT2D eigenvalue weighted by Crippen LogP contribution is -2.23. The predicted octanol–water partition coefficient (Wildman–Crippen LogP) is 4.71. The Hall–Kier alpha value is -1.55. The van der Waals surface area contributed by atoms with E-state index in [1.54, 1.807) is 48.5 Å². The summed E-state index contributed by atoms with van der Waals surface area (Å²) < 4.78 is 5.54. The number of ether oxygens (including phenoxy) is 1. The molecule has 0 fully saturated rings. The van der Waals surface area contributed by atoms with E-state index in [4.69, 9.17) is 27.9 Å². The van der Waals surface area contributed by atoms with Gasteiger partial charge in [0.2, 0.25) is 0 Å². The van der Waals surface area contributed by atoms with Crippen LogP contribution < -0.4 is 5.32 Å². The van der Waals surface area contributed by atoms with Crippen LogP contribution in [-0.2, 0) is 9.53 Å². The van der Waals surface area contributed by atoms with Crippen molar-refractivity contribution in [2.75, 3.05) is 11.9 Å². The molecule has 2 rings (SSSR count). The minimum absolute atomic E-state index is 0.235. The molecule has 1 atom stereocenters. The third-order valence-corrected chi connectivity index (χ3v) is 3.36. The molecule has 0 aromatic heterocycles. The zero-order chi connectivity index (χ0) is 15.2. The van der Waals surface area contributed by atoms with Gasteiger partial charge < -0.3 is 10.1 Å². The normalized spacial score (nSPS) is 12.0. The fraction of sp³-hybridized carbons (Fsp3) is 0.188. The van der Waals surface area contributed by atoms with E-state index in [1.165, 1.54) is 0 Å². The number of hydrogen-bond acceptors (Lipinski definition) is 2. The van der Waals surface area contributed by atoms with Crippen molar-refractivity contribution in [2.24, 2.45) is 0 Å². The van der Waals surface area contributed by atoms with E-state index in [2.05, 4.69) is 5.32 Å². The second kappa shape index (κ2) is 7.46. The van der Waals surface area contributed by atoms with E-state index in [0.29, 0.717) is 22.3 Å². The first-order chi connectivity index (χ1) is 10.1. The van der Waals surface area contributed by atoms with Crippen LogP contribution in [0.1, 0.15) is 18.6 Å². The van der Waals surface area contributed by atoms with Gasteiger partial charge in [-0.2, -0.15) is 0 Å². The lowest BCUT2D eigenvalue weighted by molar-refractivity contribution is -0.127. The molecule has 0 saturated carbocycles. The van der Waals surface area contributed by atoms with Crippen LogP contribution >= 0.6 is 23.2 Å². The smallest absolute Gasteiger partial charge is 0.258 e. The third kappa shape index (κ3) is 4.46. The van der Waals surface area contributed by atoms with E-state index < -0.39 is 6.10 Å². The predicted molar refractivity (Wildman–Crippen MR) is 85.9 cm³/mol. The molecular weight excluding hydrogens is 309 g/mol. The number of carbonyl (C=O) groups excluding carboxylic acids is 1. The van der Waals surface area contributed by atoms with Crippen molar-refractivity contribution in [3.8, 4) is 0 Å². The molecule has 3 nitrogen and oxygen atoms in total. The molecule has 2 aromatic rings. The van der Waals surface area contributed by atoms with Crippen LogP contribution in [0.25, 0.3) is 0 Å². The number of halogens is 2. The summed E-state index contributed by atoms with van der Waals surface area (Å²) in [6.07, 6.45) is -0.678. The molecule has 1 amide bonds. The Morgan fingerprint density at radius 3 is 2.10 bits per heavy atom. The maximum absolute atomic E-state index is 12.4. The standard InChI is InChI=1S/C16H15Cl2NO2/c1-2-21-15(11-3-5-12(17)6-4-11)16(20)19-14-9-7-13(18)8-10-14/h3-10,15H,2H2,1H3,(H,19,20). The molecule has 1 N–H and O–H groups in total. The van der Waals surface area contributed by atoms with Gasteiger partial charge in [-0.1, -0.05) is 35.3 Å². The summed E-state index contributed by atoms with van der Waals surface area (Å²) in [5.74, 6) is -0.235. The van der Waals surface area contributed by atoms with Gasteiger partial charge in [-0.3, -0.25) is 4.79 Å². The Morgan fingerprint density at radius 1 is 1.05 bits per heavy atom. The van der Waals surface area contributed by atoms with Crippen LogP contribution in [0.3, 0.4) is 0 Å². The average Bonchev–Trinajstić information content (AvgIpc) is 2.48. The number of hydrogen-bond donors (Lipinski definition) is 1. The minimum Gasteiger partial charge on any atom is -0.364 e. The van der Waals surface area contributed by atoms with Crippen molar-refractivity contribution in [3.63, 3.8) is 0 Å². The Bertz CT molecular complexity index is 597. The molecule has 0 saturated heterocycles. The molecule has 21 heavy (non-hydrogen) atoms. The average molecular weight is 324 g/mol. The lowest BCUT2D eigenvalue weighted by Gasteiger charge is -2.17. The Balaban J connectivity index is 2.15. The molecule has 0 spiro atoms. The van der Waals surface area contributed by atoms with E-state index in [-0.39, 0.29) is 5.91 Å². The third-order valence-electron chi connectivity index (χ3n) is 2.86. The Kier molecular flexibility index (Phi) is 5.62. The summed E-state index contributed by atoms with van der Waals surface area (Å²) >= 11 is 11.7. The molecule has 0 radical (unpaired) electrons. The largest absolute Gasteiger partial charge is 0.364 e. The first-order valence-corrected chi connectivity index (χ1v) is 7.29.